The molecule has 0 bridgehead atoms. The van der Waals surface area contributed by atoms with Gasteiger partial charge in [0.2, 0.25) is 5.89 Å². The van der Waals surface area contributed by atoms with Crippen LogP contribution < -0.4 is 11.1 Å². The van der Waals surface area contributed by atoms with Gasteiger partial charge in [0.15, 0.2) is 5.82 Å². The van der Waals surface area contributed by atoms with Gasteiger partial charge in [0.25, 0.3) is 0 Å². The molecule has 5 nitrogen and oxygen atoms in total. The first kappa shape index (κ1) is 16.5. The molecule has 1 heterocycles. The highest BCUT2D eigenvalue weighted by atomic mass is 16.5. The third kappa shape index (κ3) is 3.19. The highest BCUT2D eigenvalue weighted by Gasteiger charge is 2.50. The van der Waals surface area contributed by atoms with E-state index in [1.165, 1.54) is 18.4 Å². The summed E-state index contributed by atoms with van der Waals surface area (Å²) in [5.41, 5.74) is 7.67. The smallest absolute Gasteiger partial charge is 0.229 e. The lowest BCUT2D eigenvalue weighted by atomic mass is 9.86. The minimum absolute atomic E-state index is 0.0996. The van der Waals surface area contributed by atoms with Gasteiger partial charge in [-0.15, -0.1) is 0 Å². The minimum atomic E-state index is 0.0996. The predicted molar refractivity (Wildman–Crippen MR) is 100.0 cm³/mol. The molecule has 138 valence electrons. The van der Waals surface area contributed by atoms with Crippen molar-refractivity contribution in [1.82, 2.24) is 15.5 Å². The summed E-state index contributed by atoms with van der Waals surface area (Å²) in [4.78, 5) is 4.80. The van der Waals surface area contributed by atoms with Crippen LogP contribution >= 0.6 is 0 Å². The van der Waals surface area contributed by atoms with Crippen molar-refractivity contribution in [1.29, 1.82) is 0 Å². The van der Waals surface area contributed by atoms with Crippen LogP contribution in [-0.2, 0) is 5.41 Å². The van der Waals surface area contributed by atoms with Gasteiger partial charge in [-0.2, -0.15) is 4.98 Å². The molecule has 3 aliphatic rings. The minimum Gasteiger partial charge on any atom is -0.339 e. The van der Waals surface area contributed by atoms with Crippen molar-refractivity contribution in [2.45, 2.75) is 74.3 Å². The van der Waals surface area contributed by atoms with Crippen LogP contribution in [0, 0.1) is 0 Å². The zero-order valence-electron chi connectivity index (χ0n) is 15.2. The summed E-state index contributed by atoms with van der Waals surface area (Å²) in [5, 5.41) is 8.12. The van der Waals surface area contributed by atoms with E-state index in [2.05, 4.69) is 40.8 Å². The van der Waals surface area contributed by atoms with Gasteiger partial charge < -0.3 is 15.6 Å². The number of nitrogens with two attached hydrogens (primary N) is 1. The second-order valence-corrected chi connectivity index (χ2v) is 8.60. The van der Waals surface area contributed by atoms with E-state index in [4.69, 9.17) is 15.2 Å². The third-order valence-corrected chi connectivity index (χ3v) is 6.55. The zero-order chi connectivity index (χ0) is 17.6. The average molecular weight is 352 g/mol. The van der Waals surface area contributed by atoms with Crippen molar-refractivity contribution in [3.05, 3.63) is 47.6 Å². The van der Waals surface area contributed by atoms with E-state index in [0.29, 0.717) is 17.9 Å². The van der Waals surface area contributed by atoms with Gasteiger partial charge in [-0.1, -0.05) is 41.9 Å². The van der Waals surface area contributed by atoms with Crippen LogP contribution in [0.3, 0.4) is 0 Å². The molecule has 0 radical (unpaired) electrons. The summed E-state index contributed by atoms with van der Waals surface area (Å²) in [6, 6.07) is 11.7. The van der Waals surface area contributed by atoms with Gasteiger partial charge in [0.1, 0.15) is 0 Å². The Morgan fingerprint density at radius 2 is 2.00 bits per heavy atom. The van der Waals surface area contributed by atoms with Crippen LogP contribution in [-0.4, -0.2) is 28.8 Å². The Kier molecular flexibility index (Phi) is 4.09. The maximum atomic E-state index is 6.12. The topological polar surface area (TPSA) is 77.0 Å². The highest BCUT2D eigenvalue weighted by Crippen LogP contribution is 2.48. The third-order valence-electron chi connectivity index (χ3n) is 6.55. The summed E-state index contributed by atoms with van der Waals surface area (Å²) in [6.45, 7) is 0.962. The van der Waals surface area contributed by atoms with Crippen molar-refractivity contribution in [3.63, 3.8) is 0 Å². The molecule has 26 heavy (non-hydrogen) atoms. The maximum absolute atomic E-state index is 6.12. The van der Waals surface area contributed by atoms with Crippen molar-refractivity contribution in [2.75, 3.05) is 6.54 Å². The molecular weight excluding hydrogens is 324 g/mol. The first-order chi connectivity index (χ1) is 12.7. The van der Waals surface area contributed by atoms with E-state index < -0.39 is 0 Å². The summed E-state index contributed by atoms with van der Waals surface area (Å²) in [7, 11) is 0. The molecule has 5 heteroatoms. The summed E-state index contributed by atoms with van der Waals surface area (Å²) in [5.74, 6) is 2.75. The Bertz CT molecular complexity index is 754. The lowest BCUT2D eigenvalue weighted by Gasteiger charge is -2.23. The molecule has 0 saturated heterocycles. The fourth-order valence-electron chi connectivity index (χ4n) is 4.51. The molecule has 5 rings (SSSR count). The van der Waals surface area contributed by atoms with E-state index >= 15 is 0 Å². The Morgan fingerprint density at radius 1 is 1.15 bits per heavy atom. The molecular formula is C21H28N4O. The van der Waals surface area contributed by atoms with Gasteiger partial charge >= 0.3 is 0 Å². The van der Waals surface area contributed by atoms with Gasteiger partial charge in [0, 0.05) is 35.9 Å². The van der Waals surface area contributed by atoms with Crippen LogP contribution in [0.5, 0.6) is 0 Å². The number of hydrogen-bond donors (Lipinski definition) is 2. The van der Waals surface area contributed by atoms with Crippen LogP contribution in [0.15, 0.2) is 34.9 Å². The van der Waals surface area contributed by atoms with E-state index in [9.17, 15) is 0 Å². The van der Waals surface area contributed by atoms with Crippen molar-refractivity contribution >= 4 is 0 Å². The number of benzene rings is 1. The second kappa shape index (κ2) is 6.46. The standard InChI is InChI=1S/C21H28N4O/c22-16-8-4-7-15(11-16)19-24-20(25-26-19)21(9-10-21)13-23-18-12-17(18)14-5-2-1-3-6-14/h1-3,5-6,15-18,23H,4,7-13,22H2/t15-,16+,17-,18+/m0/s1. The Hall–Kier alpha value is -1.72. The van der Waals surface area contributed by atoms with Crippen molar-refractivity contribution < 1.29 is 4.52 Å². The van der Waals surface area contributed by atoms with E-state index in [1.54, 1.807) is 0 Å². The van der Waals surface area contributed by atoms with Crippen LogP contribution in [0.1, 0.15) is 74.1 Å². The van der Waals surface area contributed by atoms with Crippen LogP contribution in [0.4, 0.5) is 0 Å². The lowest BCUT2D eigenvalue weighted by Crippen LogP contribution is -2.30. The number of nitrogens with one attached hydrogen (secondary N) is 1. The van der Waals surface area contributed by atoms with Gasteiger partial charge in [0.05, 0.1) is 0 Å². The molecule has 0 aliphatic heterocycles. The van der Waals surface area contributed by atoms with Crippen molar-refractivity contribution in [2.24, 2.45) is 5.73 Å². The molecule has 3 fully saturated rings. The average Bonchev–Trinajstić information content (AvgIpc) is 3.58. The molecule has 3 saturated carbocycles. The van der Waals surface area contributed by atoms with E-state index in [0.717, 1.165) is 50.4 Å². The quantitative estimate of drug-likeness (QED) is 0.835. The largest absolute Gasteiger partial charge is 0.339 e. The van der Waals surface area contributed by atoms with E-state index in [1.807, 2.05) is 0 Å². The van der Waals surface area contributed by atoms with Crippen LogP contribution in [0.25, 0.3) is 0 Å². The molecule has 1 aromatic carbocycles. The zero-order valence-corrected chi connectivity index (χ0v) is 15.2. The molecule has 0 spiro atoms. The fourth-order valence-corrected chi connectivity index (χ4v) is 4.51. The van der Waals surface area contributed by atoms with E-state index in [-0.39, 0.29) is 11.5 Å². The Balaban J connectivity index is 1.20. The molecule has 0 unspecified atom stereocenters. The monoisotopic (exact) mass is 352 g/mol. The predicted octanol–water partition coefficient (Wildman–Crippen LogP) is 3.23. The molecule has 3 N–H and O–H groups in total. The summed E-state index contributed by atoms with van der Waals surface area (Å²) >= 11 is 0. The number of rotatable bonds is 6. The highest BCUT2D eigenvalue weighted by molar-refractivity contribution is 5.28. The summed E-state index contributed by atoms with van der Waals surface area (Å²) < 4.78 is 5.65. The first-order valence-corrected chi connectivity index (χ1v) is 10.1. The number of aromatic nitrogens is 2. The van der Waals surface area contributed by atoms with Crippen LogP contribution in [0.2, 0.25) is 0 Å². The van der Waals surface area contributed by atoms with Gasteiger partial charge in [-0.05, 0) is 44.1 Å². The SMILES string of the molecule is N[C@@H]1CCC[C@H](c2nc(C3(CN[C@@H]4C[C@H]4c4ccccc4)CC3)no2)C1. The summed E-state index contributed by atoms with van der Waals surface area (Å²) in [6.07, 6.45) is 7.94. The molecule has 3 aliphatic carbocycles. The Labute approximate surface area is 154 Å². The van der Waals surface area contributed by atoms with Crippen molar-refractivity contribution in [3.8, 4) is 0 Å². The second-order valence-electron chi connectivity index (χ2n) is 8.60. The normalized spacial score (nSPS) is 32.3. The van der Waals surface area contributed by atoms with Gasteiger partial charge in [-0.25, -0.2) is 0 Å². The molecule has 0 amide bonds. The lowest BCUT2D eigenvalue weighted by molar-refractivity contribution is 0.296. The number of hydrogen-bond acceptors (Lipinski definition) is 5. The fraction of sp³-hybridized carbons (Fsp3) is 0.619. The maximum Gasteiger partial charge on any atom is 0.229 e. The van der Waals surface area contributed by atoms with Gasteiger partial charge in [-0.3, -0.25) is 0 Å². The Morgan fingerprint density at radius 3 is 2.77 bits per heavy atom. The molecule has 2 aromatic rings. The molecule has 1 aromatic heterocycles. The number of nitrogens with zero attached hydrogens (tertiary/aromatic N) is 2. The molecule has 4 atom stereocenters. The first-order valence-electron chi connectivity index (χ1n) is 10.1.